The predicted octanol–water partition coefficient (Wildman–Crippen LogP) is 2.72. The smallest absolute Gasteiger partial charge is 0.212 e. The quantitative estimate of drug-likeness (QED) is 0.704. The summed E-state index contributed by atoms with van der Waals surface area (Å²) in [6.45, 7) is 0.448. The molecule has 0 amide bonds. The van der Waals surface area contributed by atoms with Gasteiger partial charge in [0.25, 0.3) is 0 Å². The molecule has 0 aliphatic rings. The Hall–Kier alpha value is -2.12. The Morgan fingerprint density at radius 3 is 2.54 bits per heavy atom. The third-order valence-electron chi connectivity index (χ3n) is 3.27. The number of ether oxygens (including phenoxy) is 2. The van der Waals surface area contributed by atoms with E-state index >= 15 is 0 Å². The van der Waals surface area contributed by atoms with Crippen LogP contribution in [0, 0.1) is 5.82 Å². The number of methoxy groups -OCH3 is 1. The maximum atomic E-state index is 12.8. The van der Waals surface area contributed by atoms with Gasteiger partial charge in [0.05, 0.1) is 19.5 Å². The summed E-state index contributed by atoms with van der Waals surface area (Å²) in [5, 5.41) is 0. The van der Waals surface area contributed by atoms with Gasteiger partial charge in [0.1, 0.15) is 17.3 Å². The molecule has 2 aromatic carbocycles. The van der Waals surface area contributed by atoms with Crippen LogP contribution in [0.4, 0.5) is 4.39 Å². The van der Waals surface area contributed by atoms with E-state index in [2.05, 4.69) is 4.72 Å². The fourth-order valence-corrected chi connectivity index (χ4v) is 3.05. The number of benzene rings is 2. The predicted molar refractivity (Wildman–Crippen MR) is 90.1 cm³/mol. The molecule has 0 spiro atoms. The van der Waals surface area contributed by atoms with Crippen molar-refractivity contribution in [2.75, 3.05) is 19.5 Å². The molecule has 5 nitrogen and oxygen atoms in total. The minimum absolute atomic E-state index is 0.0435. The fraction of sp³-hybridized carbons (Fsp3) is 0.294. The molecular weight excluding hydrogens is 333 g/mol. The van der Waals surface area contributed by atoms with Crippen LogP contribution in [0.25, 0.3) is 0 Å². The molecule has 0 aromatic heterocycles. The number of sulfonamides is 1. The van der Waals surface area contributed by atoms with Gasteiger partial charge in [0, 0.05) is 6.54 Å². The summed E-state index contributed by atoms with van der Waals surface area (Å²) in [5.41, 5.74) is 0.820. The maximum absolute atomic E-state index is 12.8. The molecule has 0 heterocycles. The SMILES string of the molecule is COc1cccc(CNS(=O)(=O)CCCOc2ccc(F)cc2)c1. The first-order valence-corrected chi connectivity index (χ1v) is 9.12. The summed E-state index contributed by atoms with van der Waals surface area (Å²) in [6, 6.07) is 12.8. The topological polar surface area (TPSA) is 64.6 Å². The van der Waals surface area contributed by atoms with E-state index in [0.717, 1.165) is 5.56 Å². The van der Waals surface area contributed by atoms with Gasteiger partial charge in [-0.15, -0.1) is 0 Å². The van der Waals surface area contributed by atoms with Crippen molar-refractivity contribution in [2.24, 2.45) is 0 Å². The zero-order valence-electron chi connectivity index (χ0n) is 13.4. The van der Waals surface area contributed by atoms with Crippen LogP contribution in [-0.2, 0) is 16.6 Å². The van der Waals surface area contributed by atoms with Gasteiger partial charge in [0.15, 0.2) is 0 Å². The lowest BCUT2D eigenvalue weighted by Gasteiger charge is -2.09. The molecule has 0 aliphatic carbocycles. The normalized spacial score (nSPS) is 11.2. The van der Waals surface area contributed by atoms with Crippen molar-refractivity contribution >= 4 is 10.0 Å². The van der Waals surface area contributed by atoms with Crippen LogP contribution in [0.2, 0.25) is 0 Å². The Bertz CT molecular complexity index is 747. The lowest BCUT2D eigenvalue weighted by molar-refractivity contribution is 0.317. The third kappa shape index (κ3) is 6.17. The maximum Gasteiger partial charge on any atom is 0.212 e. The third-order valence-corrected chi connectivity index (χ3v) is 4.68. The van der Waals surface area contributed by atoms with E-state index in [4.69, 9.17) is 9.47 Å². The fourth-order valence-electron chi connectivity index (χ4n) is 2.02. The molecule has 0 saturated carbocycles. The van der Waals surface area contributed by atoms with Gasteiger partial charge in [-0.1, -0.05) is 12.1 Å². The molecule has 0 fully saturated rings. The van der Waals surface area contributed by atoms with E-state index in [-0.39, 0.29) is 24.7 Å². The molecule has 2 rings (SSSR count). The summed E-state index contributed by atoms with van der Waals surface area (Å²) in [6.07, 6.45) is 0.338. The second-order valence-electron chi connectivity index (χ2n) is 5.15. The minimum atomic E-state index is -3.39. The molecule has 1 N–H and O–H groups in total. The molecule has 0 unspecified atom stereocenters. The van der Waals surface area contributed by atoms with Crippen LogP contribution in [-0.4, -0.2) is 27.9 Å². The average molecular weight is 353 g/mol. The second-order valence-corrected chi connectivity index (χ2v) is 7.07. The molecule has 0 radical (unpaired) electrons. The zero-order chi connectivity index (χ0) is 17.4. The van der Waals surface area contributed by atoms with Crippen molar-refractivity contribution in [1.82, 2.24) is 4.72 Å². The van der Waals surface area contributed by atoms with Gasteiger partial charge in [-0.2, -0.15) is 0 Å². The van der Waals surface area contributed by atoms with E-state index < -0.39 is 10.0 Å². The van der Waals surface area contributed by atoms with Crippen molar-refractivity contribution in [3.8, 4) is 11.5 Å². The van der Waals surface area contributed by atoms with Crippen LogP contribution in [0.1, 0.15) is 12.0 Å². The largest absolute Gasteiger partial charge is 0.497 e. The van der Waals surface area contributed by atoms with Crippen LogP contribution < -0.4 is 14.2 Å². The van der Waals surface area contributed by atoms with Crippen molar-refractivity contribution in [3.63, 3.8) is 0 Å². The summed E-state index contributed by atoms with van der Waals surface area (Å²) >= 11 is 0. The molecule has 0 bridgehead atoms. The highest BCUT2D eigenvalue weighted by Crippen LogP contribution is 2.13. The number of rotatable bonds is 9. The molecule has 2 aromatic rings. The lowest BCUT2D eigenvalue weighted by atomic mass is 10.2. The van der Waals surface area contributed by atoms with Crippen molar-refractivity contribution in [1.29, 1.82) is 0 Å². The molecule has 0 saturated heterocycles. The Balaban J connectivity index is 1.73. The summed E-state index contributed by atoms with van der Waals surface area (Å²) in [7, 11) is -1.83. The van der Waals surface area contributed by atoms with Crippen molar-refractivity contribution in [2.45, 2.75) is 13.0 Å². The van der Waals surface area contributed by atoms with Gasteiger partial charge in [0.2, 0.25) is 10.0 Å². The Labute approximate surface area is 141 Å². The van der Waals surface area contributed by atoms with Gasteiger partial charge in [-0.3, -0.25) is 0 Å². The first kappa shape index (κ1) is 18.2. The Morgan fingerprint density at radius 2 is 1.83 bits per heavy atom. The first-order valence-electron chi connectivity index (χ1n) is 7.47. The van der Waals surface area contributed by atoms with Gasteiger partial charge >= 0.3 is 0 Å². The summed E-state index contributed by atoms with van der Waals surface area (Å²) < 4.78 is 49.7. The Kier molecular flexibility index (Phi) is 6.57. The molecule has 7 heteroatoms. The number of halogens is 1. The summed E-state index contributed by atoms with van der Waals surface area (Å²) in [4.78, 5) is 0. The lowest BCUT2D eigenvalue weighted by Crippen LogP contribution is -2.26. The zero-order valence-corrected chi connectivity index (χ0v) is 14.2. The number of hydrogen-bond acceptors (Lipinski definition) is 4. The van der Waals surface area contributed by atoms with E-state index in [1.165, 1.54) is 24.3 Å². The molecule has 0 aliphatic heterocycles. The molecule has 24 heavy (non-hydrogen) atoms. The molecular formula is C17H20FNO4S. The average Bonchev–Trinajstić information content (AvgIpc) is 2.59. The highest BCUT2D eigenvalue weighted by atomic mass is 32.2. The van der Waals surface area contributed by atoms with Crippen molar-refractivity contribution < 1.29 is 22.3 Å². The number of hydrogen-bond donors (Lipinski definition) is 1. The van der Waals surface area contributed by atoms with Crippen LogP contribution >= 0.6 is 0 Å². The van der Waals surface area contributed by atoms with E-state index in [1.54, 1.807) is 25.3 Å². The van der Waals surface area contributed by atoms with E-state index in [0.29, 0.717) is 17.9 Å². The van der Waals surface area contributed by atoms with E-state index in [9.17, 15) is 12.8 Å². The van der Waals surface area contributed by atoms with Crippen LogP contribution in [0.3, 0.4) is 0 Å². The van der Waals surface area contributed by atoms with E-state index in [1.807, 2.05) is 6.07 Å². The van der Waals surface area contributed by atoms with Crippen LogP contribution in [0.5, 0.6) is 11.5 Å². The van der Waals surface area contributed by atoms with Crippen molar-refractivity contribution in [3.05, 3.63) is 59.9 Å². The van der Waals surface area contributed by atoms with Gasteiger partial charge in [-0.05, 0) is 48.4 Å². The molecule has 130 valence electrons. The Morgan fingerprint density at radius 1 is 1.08 bits per heavy atom. The van der Waals surface area contributed by atoms with Crippen LogP contribution in [0.15, 0.2) is 48.5 Å². The molecule has 0 atom stereocenters. The second kappa shape index (κ2) is 8.65. The standard InChI is InChI=1S/C17H20FNO4S/c1-22-17-5-2-4-14(12-17)13-19-24(20,21)11-3-10-23-16-8-6-15(18)7-9-16/h2,4-9,12,19H,3,10-11,13H2,1H3. The summed E-state index contributed by atoms with van der Waals surface area (Å²) in [5.74, 6) is 0.808. The minimum Gasteiger partial charge on any atom is -0.497 e. The van der Waals surface area contributed by atoms with Gasteiger partial charge in [-0.25, -0.2) is 17.5 Å². The first-order chi connectivity index (χ1) is 11.5. The number of nitrogens with one attached hydrogen (secondary N) is 1. The monoisotopic (exact) mass is 353 g/mol. The highest BCUT2D eigenvalue weighted by molar-refractivity contribution is 7.89. The highest BCUT2D eigenvalue weighted by Gasteiger charge is 2.10. The van der Waals surface area contributed by atoms with Gasteiger partial charge < -0.3 is 9.47 Å².